The smallest absolute Gasteiger partial charge is 0.263 e. The van der Waals surface area contributed by atoms with Crippen molar-refractivity contribution in [3.8, 4) is 0 Å². The molecule has 1 aliphatic heterocycles. The summed E-state index contributed by atoms with van der Waals surface area (Å²) >= 11 is 0. The highest BCUT2D eigenvalue weighted by Crippen LogP contribution is 2.04. The first kappa shape index (κ1) is 5.94. The number of hydrogen-bond donors (Lipinski definition) is 1. The lowest BCUT2D eigenvalue weighted by molar-refractivity contribution is -0.117. The first-order chi connectivity index (χ1) is 4.20. The molecule has 2 amide bonds. The molecule has 1 rings (SSSR count). The molecule has 0 unspecified atom stereocenters. The quantitative estimate of drug-likeness (QED) is 0.501. The number of aliphatic imine (C=N–C) groups is 1. The molecule has 0 radical (unpaired) electrons. The van der Waals surface area contributed by atoms with Crippen LogP contribution in [0.15, 0.2) is 4.99 Å². The third-order valence-corrected chi connectivity index (χ3v) is 1.12. The monoisotopic (exact) mass is 126 g/mol. The molecule has 9 heavy (non-hydrogen) atoms. The van der Waals surface area contributed by atoms with Gasteiger partial charge in [-0.05, 0) is 0 Å². The molecule has 2 N–H and O–H groups in total. The van der Waals surface area contributed by atoms with Crippen molar-refractivity contribution in [3.63, 3.8) is 0 Å². The Morgan fingerprint density at radius 1 is 1.56 bits per heavy atom. The predicted octanol–water partition coefficient (Wildman–Crippen LogP) is -0.767. The highest BCUT2D eigenvalue weighted by Gasteiger charge is 2.17. The molecule has 1 heterocycles. The van der Waals surface area contributed by atoms with Crippen molar-refractivity contribution in [1.29, 1.82) is 0 Å². The average Bonchev–Trinajstić information content (AvgIpc) is 2.14. The lowest BCUT2D eigenvalue weighted by Crippen LogP contribution is -2.20. The van der Waals surface area contributed by atoms with E-state index in [-0.39, 0.29) is 11.6 Å². The topological polar surface area (TPSA) is 72.5 Å². The number of hydrogen-bond acceptors (Lipinski definition) is 2. The Morgan fingerprint density at radius 3 is 2.44 bits per heavy atom. The van der Waals surface area contributed by atoms with E-state index in [2.05, 4.69) is 4.99 Å². The molecule has 0 aromatic heterocycles. The lowest BCUT2D eigenvalue weighted by Gasteiger charge is -1.85. The molecule has 0 fully saturated rings. The van der Waals surface area contributed by atoms with Crippen molar-refractivity contribution in [2.45, 2.75) is 12.8 Å². The highest BCUT2D eigenvalue weighted by molar-refractivity contribution is 6.41. The summed E-state index contributed by atoms with van der Waals surface area (Å²) < 4.78 is 0. The Balaban J connectivity index is 2.74. The summed E-state index contributed by atoms with van der Waals surface area (Å²) in [6.07, 6.45) is 0.742. The van der Waals surface area contributed by atoms with Crippen LogP contribution in [0.3, 0.4) is 0 Å². The van der Waals surface area contributed by atoms with Crippen LogP contribution in [0.2, 0.25) is 0 Å². The minimum Gasteiger partial charge on any atom is -0.365 e. The first-order valence-corrected chi connectivity index (χ1v) is 2.60. The van der Waals surface area contributed by atoms with Gasteiger partial charge in [0, 0.05) is 12.8 Å². The number of amides is 2. The molecule has 4 nitrogen and oxygen atoms in total. The fourth-order valence-electron chi connectivity index (χ4n) is 0.666. The van der Waals surface area contributed by atoms with Crippen molar-refractivity contribution in [2.24, 2.45) is 10.7 Å². The van der Waals surface area contributed by atoms with E-state index < -0.39 is 5.91 Å². The number of rotatable bonds is 1. The molecule has 4 heteroatoms. The molecule has 0 aromatic carbocycles. The van der Waals surface area contributed by atoms with Gasteiger partial charge in [0.25, 0.3) is 5.91 Å². The fourth-order valence-corrected chi connectivity index (χ4v) is 0.666. The zero-order valence-corrected chi connectivity index (χ0v) is 4.76. The van der Waals surface area contributed by atoms with Crippen LogP contribution in [-0.4, -0.2) is 17.5 Å². The van der Waals surface area contributed by atoms with Gasteiger partial charge in [0.05, 0.1) is 0 Å². The Morgan fingerprint density at radius 2 is 2.22 bits per heavy atom. The van der Waals surface area contributed by atoms with E-state index >= 15 is 0 Å². The minimum atomic E-state index is -0.583. The van der Waals surface area contributed by atoms with Gasteiger partial charge in [-0.3, -0.25) is 9.59 Å². The standard InChI is InChI=1S/C5H6N2O2/c6-5(9)3-1-2-4(8)7-3/h1-2H2,(H2,6,9). The SMILES string of the molecule is NC(=O)C1=NC(=O)CC1. The largest absolute Gasteiger partial charge is 0.365 e. The van der Waals surface area contributed by atoms with Gasteiger partial charge in [-0.1, -0.05) is 0 Å². The van der Waals surface area contributed by atoms with Gasteiger partial charge < -0.3 is 5.73 Å². The Labute approximate surface area is 51.8 Å². The lowest BCUT2D eigenvalue weighted by atomic mass is 10.2. The van der Waals surface area contributed by atoms with Crippen LogP contribution in [0.4, 0.5) is 0 Å². The van der Waals surface area contributed by atoms with E-state index in [0.29, 0.717) is 12.8 Å². The second kappa shape index (κ2) is 1.97. The second-order valence-corrected chi connectivity index (χ2v) is 1.82. The van der Waals surface area contributed by atoms with Gasteiger partial charge in [-0.25, -0.2) is 4.99 Å². The third-order valence-electron chi connectivity index (χ3n) is 1.12. The molecule has 0 aliphatic carbocycles. The molecule has 0 spiro atoms. The zero-order valence-electron chi connectivity index (χ0n) is 4.76. The molecule has 0 saturated heterocycles. The van der Waals surface area contributed by atoms with Gasteiger partial charge in [0.1, 0.15) is 5.71 Å². The average molecular weight is 126 g/mol. The summed E-state index contributed by atoms with van der Waals surface area (Å²) in [5, 5.41) is 0. The predicted molar refractivity (Wildman–Crippen MR) is 30.9 cm³/mol. The molecular weight excluding hydrogens is 120 g/mol. The number of primary amides is 1. The van der Waals surface area contributed by atoms with Crippen molar-refractivity contribution in [2.75, 3.05) is 0 Å². The summed E-state index contributed by atoms with van der Waals surface area (Å²) in [6, 6.07) is 0. The van der Waals surface area contributed by atoms with Crippen LogP contribution in [0.1, 0.15) is 12.8 Å². The summed E-state index contributed by atoms with van der Waals surface area (Å²) in [7, 11) is 0. The number of nitrogens with zero attached hydrogens (tertiary/aromatic N) is 1. The summed E-state index contributed by atoms with van der Waals surface area (Å²) in [5.41, 5.74) is 5.05. The maximum absolute atomic E-state index is 10.4. The molecule has 48 valence electrons. The normalized spacial score (nSPS) is 17.8. The van der Waals surface area contributed by atoms with E-state index in [9.17, 15) is 9.59 Å². The van der Waals surface area contributed by atoms with Gasteiger partial charge >= 0.3 is 0 Å². The molecule has 0 bridgehead atoms. The molecule has 1 aliphatic rings. The van der Waals surface area contributed by atoms with Crippen molar-refractivity contribution in [3.05, 3.63) is 0 Å². The van der Waals surface area contributed by atoms with E-state index in [4.69, 9.17) is 5.73 Å². The summed E-state index contributed by atoms with van der Waals surface area (Å²) in [5.74, 6) is -0.829. The van der Waals surface area contributed by atoms with Crippen LogP contribution in [-0.2, 0) is 9.59 Å². The fraction of sp³-hybridized carbons (Fsp3) is 0.400. The van der Waals surface area contributed by atoms with Crippen LogP contribution in [0.25, 0.3) is 0 Å². The van der Waals surface area contributed by atoms with Gasteiger partial charge in [-0.15, -0.1) is 0 Å². The molecule has 0 saturated carbocycles. The van der Waals surface area contributed by atoms with E-state index in [1.165, 1.54) is 0 Å². The number of nitrogens with two attached hydrogens (primary N) is 1. The maximum Gasteiger partial charge on any atom is 0.263 e. The number of carbonyl (C=O) groups is 2. The molecule has 0 atom stereocenters. The summed E-state index contributed by atoms with van der Waals surface area (Å²) in [6.45, 7) is 0. The van der Waals surface area contributed by atoms with Crippen LogP contribution < -0.4 is 5.73 Å². The molecular formula is C5H6N2O2. The van der Waals surface area contributed by atoms with Crippen LogP contribution >= 0.6 is 0 Å². The van der Waals surface area contributed by atoms with E-state index in [1.54, 1.807) is 0 Å². The highest BCUT2D eigenvalue weighted by atomic mass is 16.2. The molecule has 0 aromatic rings. The van der Waals surface area contributed by atoms with Crippen LogP contribution in [0.5, 0.6) is 0 Å². The van der Waals surface area contributed by atoms with Crippen LogP contribution in [0, 0.1) is 0 Å². The van der Waals surface area contributed by atoms with Gasteiger partial charge in [-0.2, -0.15) is 0 Å². The Kier molecular flexibility index (Phi) is 1.30. The second-order valence-electron chi connectivity index (χ2n) is 1.82. The van der Waals surface area contributed by atoms with E-state index in [1.807, 2.05) is 0 Å². The minimum absolute atomic E-state index is 0.208. The zero-order chi connectivity index (χ0) is 6.85. The van der Waals surface area contributed by atoms with Crippen molar-refractivity contribution in [1.82, 2.24) is 0 Å². The maximum atomic E-state index is 10.4. The van der Waals surface area contributed by atoms with Gasteiger partial charge in [0.2, 0.25) is 5.91 Å². The van der Waals surface area contributed by atoms with Crippen molar-refractivity contribution >= 4 is 17.5 Å². The van der Waals surface area contributed by atoms with Gasteiger partial charge in [0.15, 0.2) is 0 Å². The first-order valence-electron chi connectivity index (χ1n) is 2.60. The Bertz CT molecular complexity index is 195. The third kappa shape index (κ3) is 1.13. The Hall–Kier alpha value is -1.19. The summed E-state index contributed by atoms with van der Waals surface area (Å²) in [4.78, 5) is 24.0. The van der Waals surface area contributed by atoms with E-state index in [0.717, 1.165) is 0 Å². The van der Waals surface area contributed by atoms with Crippen molar-refractivity contribution < 1.29 is 9.59 Å². The number of carbonyl (C=O) groups excluding carboxylic acids is 2.